The minimum atomic E-state index is -0.828. The summed E-state index contributed by atoms with van der Waals surface area (Å²) in [5.41, 5.74) is 1.29. The van der Waals surface area contributed by atoms with Crippen LogP contribution in [0.3, 0.4) is 0 Å². The molecular formula is C21H22N2OS. The van der Waals surface area contributed by atoms with Crippen LogP contribution >= 0.6 is 11.8 Å². The monoisotopic (exact) mass is 350 g/mol. The van der Waals surface area contributed by atoms with E-state index in [0.717, 1.165) is 41.5 Å². The van der Waals surface area contributed by atoms with Gasteiger partial charge < -0.3 is 5.11 Å². The first-order valence-corrected chi connectivity index (χ1v) is 9.70. The Balaban J connectivity index is 1.64. The molecule has 1 aliphatic carbocycles. The zero-order valence-corrected chi connectivity index (χ0v) is 15.0. The Kier molecular flexibility index (Phi) is 4.73. The number of benzene rings is 2. The van der Waals surface area contributed by atoms with Gasteiger partial charge in [0.15, 0.2) is 0 Å². The van der Waals surface area contributed by atoms with E-state index in [-0.39, 0.29) is 5.92 Å². The maximum absolute atomic E-state index is 11.4. The highest BCUT2D eigenvalue weighted by atomic mass is 32.2. The SMILES string of the molecule is OC12CCCCC1C(=Nc1ccccc1)SC2=NCc1ccccc1. The van der Waals surface area contributed by atoms with Crippen LogP contribution in [0.15, 0.2) is 70.6 Å². The van der Waals surface area contributed by atoms with Crippen molar-refractivity contribution in [1.29, 1.82) is 0 Å². The molecule has 0 aromatic heterocycles. The Morgan fingerprint density at radius 2 is 1.72 bits per heavy atom. The minimum absolute atomic E-state index is 0.0842. The van der Waals surface area contributed by atoms with Crippen molar-refractivity contribution in [2.75, 3.05) is 0 Å². The van der Waals surface area contributed by atoms with Gasteiger partial charge in [-0.25, -0.2) is 4.99 Å². The predicted octanol–water partition coefficient (Wildman–Crippen LogP) is 4.98. The van der Waals surface area contributed by atoms with Crippen LogP contribution in [0.5, 0.6) is 0 Å². The van der Waals surface area contributed by atoms with E-state index in [4.69, 9.17) is 9.98 Å². The summed E-state index contributed by atoms with van der Waals surface area (Å²) in [7, 11) is 0. The van der Waals surface area contributed by atoms with Crippen molar-refractivity contribution in [3.63, 3.8) is 0 Å². The van der Waals surface area contributed by atoms with Crippen molar-refractivity contribution in [2.24, 2.45) is 15.9 Å². The Labute approximate surface area is 152 Å². The van der Waals surface area contributed by atoms with E-state index in [1.807, 2.05) is 48.5 Å². The summed E-state index contributed by atoms with van der Waals surface area (Å²) in [4.78, 5) is 9.62. The van der Waals surface area contributed by atoms with Crippen LogP contribution in [-0.4, -0.2) is 20.8 Å². The van der Waals surface area contributed by atoms with Gasteiger partial charge in [0.1, 0.15) is 10.6 Å². The van der Waals surface area contributed by atoms with E-state index in [9.17, 15) is 5.11 Å². The van der Waals surface area contributed by atoms with Crippen molar-refractivity contribution in [3.05, 3.63) is 66.2 Å². The molecule has 2 atom stereocenters. The fraction of sp³-hybridized carbons (Fsp3) is 0.333. The molecule has 2 aromatic rings. The zero-order chi connectivity index (χ0) is 17.1. The molecule has 0 amide bonds. The molecule has 2 unspecified atom stereocenters. The Morgan fingerprint density at radius 3 is 2.48 bits per heavy atom. The molecule has 1 heterocycles. The second kappa shape index (κ2) is 7.14. The molecule has 4 rings (SSSR count). The normalized spacial score (nSPS) is 29.1. The van der Waals surface area contributed by atoms with Gasteiger partial charge in [0.2, 0.25) is 0 Å². The molecule has 0 bridgehead atoms. The number of aliphatic hydroxyl groups is 1. The molecule has 2 aromatic carbocycles. The summed E-state index contributed by atoms with van der Waals surface area (Å²) in [5, 5.41) is 13.2. The zero-order valence-electron chi connectivity index (χ0n) is 14.1. The second-order valence-electron chi connectivity index (χ2n) is 6.72. The van der Waals surface area contributed by atoms with Crippen molar-refractivity contribution >= 4 is 27.5 Å². The van der Waals surface area contributed by atoms with Gasteiger partial charge in [-0.2, -0.15) is 0 Å². The number of nitrogens with zero attached hydrogens (tertiary/aromatic N) is 2. The molecule has 1 saturated carbocycles. The van der Waals surface area contributed by atoms with Gasteiger partial charge in [-0.15, -0.1) is 0 Å². The maximum Gasteiger partial charge on any atom is 0.121 e. The van der Waals surface area contributed by atoms with E-state index < -0.39 is 5.60 Å². The summed E-state index contributed by atoms with van der Waals surface area (Å²) in [5.74, 6) is 0.0842. The molecule has 2 aliphatic rings. The van der Waals surface area contributed by atoms with Crippen LogP contribution in [0.25, 0.3) is 0 Å². The van der Waals surface area contributed by atoms with Crippen LogP contribution < -0.4 is 0 Å². The Morgan fingerprint density at radius 1 is 1.00 bits per heavy atom. The molecule has 25 heavy (non-hydrogen) atoms. The molecule has 4 heteroatoms. The number of thioether (sulfide) groups is 1. The molecule has 0 radical (unpaired) electrons. The topological polar surface area (TPSA) is 45.0 Å². The fourth-order valence-corrected chi connectivity index (χ4v) is 5.00. The number of hydrogen-bond acceptors (Lipinski definition) is 4. The number of fused-ring (bicyclic) bond motifs is 1. The molecular weight excluding hydrogens is 328 g/mol. The van der Waals surface area contributed by atoms with Crippen LogP contribution in [0.1, 0.15) is 31.2 Å². The van der Waals surface area contributed by atoms with Crippen LogP contribution in [0.2, 0.25) is 0 Å². The van der Waals surface area contributed by atoms with E-state index in [2.05, 4.69) is 12.1 Å². The molecule has 0 spiro atoms. The van der Waals surface area contributed by atoms with Gasteiger partial charge >= 0.3 is 0 Å². The number of aliphatic imine (C=N–C) groups is 2. The summed E-state index contributed by atoms with van der Waals surface area (Å²) in [6.45, 7) is 0.608. The Hall–Kier alpha value is -1.91. The average Bonchev–Trinajstić information content (AvgIpc) is 2.93. The summed E-state index contributed by atoms with van der Waals surface area (Å²) < 4.78 is 0. The number of para-hydroxylation sites is 1. The van der Waals surface area contributed by atoms with Crippen LogP contribution in [0, 0.1) is 5.92 Å². The van der Waals surface area contributed by atoms with E-state index >= 15 is 0 Å². The minimum Gasteiger partial charge on any atom is -0.382 e. The fourth-order valence-electron chi connectivity index (χ4n) is 3.64. The van der Waals surface area contributed by atoms with Crippen molar-refractivity contribution in [3.8, 4) is 0 Å². The van der Waals surface area contributed by atoms with E-state index in [1.165, 1.54) is 5.56 Å². The lowest BCUT2D eigenvalue weighted by Gasteiger charge is -2.33. The van der Waals surface area contributed by atoms with Crippen molar-refractivity contribution < 1.29 is 5.11 Å². The molecule has 1 saturated heterocycles. The highest BCUT2D eigenvalue weighted by molar-refractivity contribution is 8.27. The quantitative estimate of drug-likeness (QED) is 0.848. The highest BCUT2D eigenvalue weighted by Crippen LogP contribution is 2.48. The van der Waals surface area contributed by atoms with Gasteiger partial charge in [-0.1, -0.05) is 73.1 Å². The van der Waals surface area contributed by atoms with Gasteiger partial charge in [0, 0.05) is 5.92 Å². The van der Waals surface area contributed by atoms with Gasteiger partial charge in [-0.3, -0.25) is 4.99 Å². The molecule has 1 aliphatic heterocycles. The van der Waals surface area contributed by atoms with Crippen molar-refractivity contribution in [2.45, 2.75) is 37.8 Å². The lowest BCUT2D eigenvalue weighted by molar-refractivity contribution is 0.0490. The Bertz CT molecular complexity index is 788. The third-order valence-electron chi connectivity index (χ3n) is 4.99. The highest BCUT2D eigenvalue weighted by Gasteiger charge is 2.52. The largest absolute Gasteiger partial charge is 0.382 e. The summed E-state index contributed by atoms with van der Waals surface area (Å²) in [6, 6.07) is 20.2. The summed E-state index contributed by atoms with van der Waals surface area (Å²) >= 11 is 1.58. The van der Waals surface area contributed by atoms with Gasteiger partial charge in [0.25, 0.3) is 0 Å². The third-order valence-corrected chi connectivity index (χ3v) is 6.25. The average molecular weight is 350 g/mol. The molecule has 128 valence electrons. The van der Waals surface area contributed by atoms with E-state index in [0.29, 0.717) is 6.54 Å². The van der Waals surface area contributed by atoms with Crippen LogP contribution in [0.4, 0.5) is 5.69 Å². The molecule has 3 nitrogen and oxygen atoms in total. The first kappa shape index (κ1) is 16.6. The first-order chi connectivity index (χ1) is 12.3. The molecule has 1 N–H and O–H groups in total. The third kappa shape index (κ3) is 3.42. The number of rotatable bonds is 3. The second-order valence-corrected chi connectivity index (χ2v) is 7.73. The van der Waals surface area contributed by atoms with Crippen molar-refractivity contribution in [1.82, 2.24) is 0 Å². The van der Waals surface area contributed by atoms with Gasteiger partial charge in [-0.05, 0) is 30.5 Å². The van der Waals surface area contributed by atoms with E-state index in [1.54, 1.807) is 11.8 Å². The standard InChI is InChI=1S/C21H22N2OS/c24-21-14-8-7-13-18(21)19(23-17-11-5-2-6-12-17)25-20(21)22-15-16-9-3-1-4-10-16/h1-6,9-12,18,24H,7-8,13-15H2. The molecule has 2 fully saturated rings. The number of hydrogen-bond donors (Lipinski definition) is 1. The lowest BCUT2D eigenvalue weighted by atomic mass is 9.76. The smallest absolute Gasteiger partial charge is 0.121 e. The lowest BCUT2D eigenvalue weighted by Crippen LogP contribution is -2.43. The van der Waals surface area contributed by atoms with Crippen LogP contribution in [-0.2, 0) is 6.54 Å². The van der Waals surface area contributed by atoms with Gasteiger partial charge in [0.05, 0.1) is 17.3 Å². The first-order valence-electron chi connectivity index (χ1n) is 8.88. The summed E-state index contributed by atoms with van der Waals surface area (Å²) in [6.07, 6.45) is 3.97. The predicted molar refractivity (Wildman–Crippen MR) is 106 cm³/mol. The maximum atomic E-state index is 11.4.